The van der Waals surface area contributed by atoms with Gasteiger partial charge in [-0.25, -0.2) is 9.80 Å². The lowest BCUT2D eigenvalue weighted by molar-refractivity contribution is -0.129. The van der Waals surface area contributed by atoms with Gasteiger partial charge in [0.15, 0.2) is 5.71 Å². The molecule has 1 amide bonds. The first-order chi connectivity index (χ1) is 15.0. The molecule has 0 spiro atoms. The Morgan fingerprint density at radius 1 is 1.03 bits per heavy atom. The van der Waals surface area contributed by atoms with Crippen LogP contribution in [0.25, 0.3) is 6.08 Å². The summed E-state index contributed by atoms with van der Waals surface area (Å²) in [5, 5.41) is 14.1. The van der Waals surface area contributed by atoms with Crippen molar-refractivity contribution >= 4 is 29.4 Å². The van der Waals surface area contributed by atoms with E-state index in [0.717, 1.165) is 36.5 Å². The lowest BCUT2D eigenvalue weighted by atomic mass is 9.69. The molecule has 1 aromatic rings. The molecule has 4 rings (SSSR count). The molecule has 3 aliphatic rings. The highest BCUT2D eigenvalue weighted by Crippen LogP contribution is 2.49. The molecule has 0 aliphatic carbocycles. The van der Waals surface area contributed by atoms with Crippen molar-refractivity contribution in [1.29, 1.82) is 0 Å². The highest BCUT2D eigenvalue weighted by atomic mass is 16.4. The highest BCUT2D eigenvalue weighted by molar-refractivity contribution is 6.50. The number of carboxylic acid groups (broad SMARTS) is 1. The molecule has 0 fully saturated rings. The summed E-state index contributed by atoms with van der Waals surface area (Å²) in [6.45, 7) is 11.6. The van der Waals surface area contributed by atoms with Crippen molar-refractivity contribution in [3.05, 3.63) is 58.7 Å². The standard InChI is InChI=1S/C26H31N3O3/c1-25(2)11-13-29-14-12-26(3,4)20-16-17(15-19(25)22(20)29)9-7-6-8-10-18-21(24(31)32)27-28(5)23(18)30/h6-10,15-16H,11-14H2,1-5H3,(H,31,32)/b8-6+,9-7+,18-10-. The average molecular weight is 434 g/mol. The number of anilines is 1. The normalized spacial score (nSPS) is 22.7. The van der Waals surface area contributed by atoms with E-state index in [1.165, 1.54) is 29.9 Å². The van der Waals surface area contributed by atoms with Gasteiger partial charge < -0.3 is 10.0 Å². The van der Waals surface area contributed by atoms with E-state index in [-0.39, 0.29) is 22.1 Å². The zero-order valence-electron chi connectivity index (χ0n) is 19.5. The minimum absolute atomic E-state index is 0.0893. The molecule has 1 aromatic carbocycles. The predicted octanol–water partition coefficient (Wildman–Crippen LogP) is 4.26. The van der Waals surface area contributed by atoms with Crippen molar-refractivity contribution < 1.29 is 14.7 Å². The third-order valence-corrected chi connectivity index (χ3v) is 6.93. The summed E-state index contributed by atoms with van der Waals surface area (Å²) >= 11 is 0. The van der Waals surface area contributed by atoms with Crippen LogP contribution in [0.4, 0.5) is 5.69 Å². The second-order valence-electron chi connectivity index (χ2n) is 10.1. The van der Waals surface area contributed by atoms with E-state index < -0.39 is 11.9 Å². The SMILES string of the molecule is CN1N=C(C(=O)O)/C(=C/C=C/C=C/c2cc3c4c(c2)C(C)(C)CCN4CCC3(C)C)C1=O. The van der Waals surface area contributed by atoms with Crippen LogP contribution in [0, 0.1) is 0 Å². The first kappa shape index (κ1) is 22.1. The largest absolute Gasteiger partial charge is 0.476 e. The molecule has 0 unspecified atom stereocenters. The fraction of sp³-hybridized carbons (Fsp3) is 0.423. The molecule has 6 heteroatoms. The predicted molar refractivity (Wildman–Crippen MR) is 128 cm³/mol. The average Bonchev–Trinajstić information content (AvgIpc) is 3.01. The Bertz CT molecular complexity index is 1060. The molecule has 0 aromatic heterocycles. The highest BCUT2D eigenvalue weighted by Gasteiger charge is 2.39. The van der Waals surface area contributed by atoms with Gasteiger partial charge in [0.25, 0.3) is 5.91 Å². The Balaban J connectivity index is 1.63. The summed E-state index contributed by atoms with van der Waals surface area (Å²) in [6.07, 6.45) is 11.3. The van der Waals surface area contributed by atoms with E-state index >= 15 is 0 Å². The van der Waals surface area contributed by atoms with Crippen molar-refractivity contribution in [2.45, 2.75) is 51.4 Å². The quantitative estimate of drug-likeness (QED) is 0.569. The first-order valence-corrected chi connectivity index (χ1v) is 11.1. The van der Waals surface area contributed by atoms with Gasteiger partial charge in [-0.1, -0.05) is 52.0 Å². The van der Waals surface area contributed by atoms with Crippen molar-refractivity contribution in [2.75, 3.05) is 25.0 Å². The third-order valence-electron chi connectivity index (χ3n) is 6.93. The second-order valence-corrected chi connectivity index (χ2v) is 10.1. The van der Waals surface area contributed by atoms with Crippen molar-refractivity contribution in [3.63, 3.8) is 0 Å². The number of hydrogen-bond acceptors (Lipinski definition) is 4. The molecule has 0 bridgehead atoms. The van der Waals surface area contributed by atoms with Gasteiger partial charge in [0.2, 0.25) is 0 Å². The van der Waals surface area contributed by atoms with Crippen molar-refractivity contribution in [1.82, 2.24) is 5.01 Å². The molecule has 0 saturated carbocycles. The van der Waals surface area contributed by atoms with Crippen LogP contribution in [0.5, 0.6) is 0 Å². The number of carbonyl (C=O) groups is 2. The maximum absolute atomic E-state index is 12.1. The minimum Gasteiger partial charge on any atom is -0.476 e. The van der Waals surface area contributed by atoms with Crippen molar-refractivity contribution in [2.24, 2.45) is 5.10 Å². The Hall–Kier alpha value is -3.15. The Labute approximate surface area is 189 Å². The number of nitrogens with zero attached hydrogens (tertiary/aromatic N) is 3. The Morgan fingerprint density at radius 3 is 2.19 bits per heavy atom. The summed E-state index contributed by atoms with van der Waals surface area (Å²) in [4.78, 5) is 25.9. The van der Waals surface area contributed by atoms with Crippen LogP contribution in [0.15, 0.2) is 47.1 Å². The number of amides is 1. The van der Waals surface area contributed by atoms with E-state index in [9.17, 15) is 14.7 Å². The van der Waals surface area contributed by atoms with Crippen LogP contribution < -0.4 is 4.90 Å². The maximum atomic E-state index is 12.1. The molecule has 168 valence electrons. The molecule has 1 N–H and O–H groups in total. The van der Waals surface area contributed by atoms with Crippen LogP contribution in [-0.4, -0.2) is 47.8 Å². The molecule has 0 radical (unpaired) electrons. The van der Waals surface area contributed by atoms with Gasteiger partial charge in [0.05, 0.1) is 5.57 Å². The van der Waals surface area contributed by atoms with E-state index in [0.29, 0.717) is 0 Å². The lowest BCUT2D eigenvalue weighted by Gasteiger charge is -2.48. The number of allylic oxidation sites excluding steroid dienone is 4. The summed E-state index contributed by atoms with van der Waals surface area (Å²) < 4.78 is 0. The number of carboxylic acids is 1. The van der Waals surface area contributed by atoms with Gasteiger partial charge in [0, 0.05) is 25.8 Å². The smallest absolute Gasteiger partial charge is 0.357 e. The molecule has 0 saturated heterocycles. The summed E-state index contributed by atoms with van der Waals surface area (Å²) in [5.41, 5.74) is 5.56. The summed E-state index contributed by atoms with van der Waals surface area (Å²) in [5.74, 6) is -1.63. The van der Waals surface area contributed by atoms with E-state index in [2.05, 4.69) is 55.9 Å². The molecule has 6 nitrogen and oxygen atoms in total. The molecular formula is C26H31N3O3. The molecule has 3 aliphatic heterocycles. The van der Waals surface area contributed by atoms with Gasteiger partial charge in [-0.2, -0.15) is 5.10 Å². The number of hydrogen-bond donors (Lipinski definition) is 1. The monoisotopic (exact) mass is 433 g/mol. The van der Waals surface area contributed by atoms with Crippen LogP contribution in [0.3, 0.4) is 0 Å². The third kappa shape index (κ3) is 3.78. The summed E-state index contributed by atoms with van der Waals surface area (Å²) in [6, 6.07) is 4.61. The van der Waals surface area contributed by atoms with Gasteiger partial charge in [-0.15, -0.1) is 0 Å². The molecule has 32 heavy (non-hydrogen) atoms. The number of rotatable bonds is 4. The number of hydrazone groups is 1. The molecule has 3 heterocycles. The van der Waals surface area contributed by atoms with E-state index in [4.69, 9.17) is 0 Å². The van der Waals surface area contributed by atoms with Gasteiger partial charge in [0.1, 0.15) is 0 Å². The van der Waals surface area contributed by atoms with Gasteiger partial charge >= 0.3 is 5.97 Å². The summed E-state index contributed by atoms with van der Waals surface area (Å²) in [7, 11) is 1.45. The van der Waals surface area contributed by atoms with Gasteiger partial charge in [-0.05, 0) is 58.6 Å². The van der Waals surface area contributed by atoms with Crippen LogP contribution in [0.2, 0.25) is 0 Å². The van der Waals surface area contributed by atoms with Crippen molar-refractivity contribution in [3.8, 4) is 0 Å². The van der Waals surface area contributed by atoms with E-state index in [1.807, 2.05) is 12.2 Å². The molecular weight excluding hydrogens is 402 g/mol. The zero-order chi connectivity index (χ0) is 23.3. The number of carbonyl (C=O) groups excluding carboxylic acids is 1. The topological polar surface area (TPSA) is 73.2 Å². The minimum atomic E-state index is -1.21. The Morgan fingerprint density at radius 2 is 1.62 bits per heavy atom. The number of likely N-dealkylation sites (N-methyl/N-ethyl adjacent to an activating group) is 1. The Kier molecular flexibility index (Phi) is 5.35. The fourth-order valence-electron chi connectivity index (χ4n) is 4.77. The van der Waals surface area contributed by atoms with Gasteiger partial charge in [-0.3, -0.25) is 4.79 Å². The number of benzene rings is 1. The zero-order valence-corrected chi connectivity index (χ0v) is 19.5. The second kappa shape index (κ2) is 7.76. The van der Waals surface area contributed by atoms with E-state index in [1.54, 1.807) is 6.08 Å². The van der Waals surface area contributed by atoms with Crippen LogP contribution in [0.1, 0.15) is 57.2 Å². The fourth-order valence-corrected chi connectivity index (χ4v) is 4.77. The van der Waals surface area contributed by atoms with Crippen LogP contribution in [-0.2, 0) is 20.4 Å². The molecule has 0 atom stereocenters. The maximum Gasteiger partial charge on any atom is 0.357 e. The first-order valence-electron chi connectivity index (χ1n) is 11.1. The lowest BCUT2D eigenvalue weighted by Crippen LogP contribution is -2.44. The van der Waals surface area contributed by atoms with Crippen LogP contribution >= 0.6 is 0 Å². The number of aliphatic carboxylic acids is 1.